The zero-order valence-electron chi connectivity index (χ0n) is 19.1. The van der Waals surface area contributed by atoms with Crippen molar-refractivity contribution in [3.05, 3.63) is 62.9 Å². The Morgan fingerprint density at radius 1 is 1.06 bits per heavy atom. The summed E-state index contributed by atoms with van der Waals surface area (Å²) in [5.74, 6) is -0.709. The Morgan fingerprint density at radius 3 is 2.43 bits per heavy atom. The minimum Gasteiger partial charge on any atom is -0.489 e. The van der Waals surface area contributed by atoms with E-state index < -0.39 is 27.0 Å². The second-order valence-electron chi connectivity index (χ2n) is 9.70. The number of nitrogens with zero attached hydrogens (tertiary/aromatic N) is 1. The summed E-state index contributed by atoms with van der Waals surface area (Å²) in [4.78, 5) is 14.8. The van der Waals surface area contributed by atoms with Gasteiger partial charge in [-0.3, -0.25) is 9.69 Å². The van der Waals surface area contributed by atoms with Crippen molar-refractivity contribution in [3.63, 3.8) is 0 Å². The van der Waals surface area contributed by atoms with Crippen LogP contribution in [0.3, 0.4) is 0 Å². The number of hydrogen-bond acceptors (Lipinski definition) is 5. The summed E-state index contributed by atoms with van der Waals surface area (Å²) in [6, 6.07) is 8.07. The fourth-order valence-corrected chi connectivity index (χ4v) is 6.44. The van der Waals surface area contributed by atoms with Crippen molar-refractivity contribution in [2.75, 3.05) is 13.1 Å². The van der Waals surface area contributed by atoms with E-state index in [2.05, 4.69) is 4.90 Å². The normalized spacial score (nSPS) is 21.1. The molecule has 2 aromatic rings. The van der Waals surface area contributed by atoms with Gasteiger partial charge in [0.05, 0.1) is 10.8 Å². The van der Waals surface area contributed by atoms with Crippen LogP contribution in [0.25, 0.3) is 0 Å². The molecule has 0 bridgehead atoms. The highest BCUT2D eigenvalue weighted by Crippen LogP contribution is 2.43. The third-order valence-electron chi connectivity index (χ3n) is 6.68. The summed E-state index contributed by atoms with van der Waals surface area (Å²) >= 11 is 12.2. The maximum atomic E-state index is 15.0. The summed E-state index contributed by atoms with van der Waals surface area (Å²) in [6.07, 6.45) is 4.77. The lowest BCUT2D eigenvalue weighted by Gasteiger charge is -2.33. The number of amides is 1. The molecule has 2 aliphatic carbocycles. The van der Waals surface area contributed by atoms with Gasteiger partial charge in [-0.2, -0.15) is 0 Å². The van der Waals surface area contributed by atoms with Crippen LogP contribution in [-0.4, -0.2) is 43.7 Å². The number of likely N-dealkylation sites (tertiary alicyclic amines) is 1. The number of benzene rings is 2. The molecule has 3 aliphatic rings. The lowest BCUT2D eigenvalue weighted by Crippen LogP contribution is -2.40. The number of piperidine rings is 1. The molecule has 3 fully saturated rings. The molecule has 1 saturated heterocycles. The lowest BCUT2D eigenvalue weighted by atomic mass is 9.97. The molecule has 1 aliphatic heterocycles. The van der Waals surface area contributed by atoms with Crippen LogP contribution in [-0.2, 0) is 16.6 Å². The number of sulfonamides is 1. The van der Waals surface area contributed by atoms with Crippen molar-refractivity contribution in [1.29, 1.82) is 0 Å². The van der Waals surface area contributed by atoms with Crippen molar-refractivity contribution in [2.24, 2.45) is 0 Å². The Hall–Kier alpha value is -1.87. The molecule has 1 N–H and O–H groups in total. The first-order chi connectivity index (χ1) is 16.7. The summed E-state index contributed by atoms with van der Waals surface area (Å²) in [7, 11) is -3.74. The van der Waals surface area contributed by atoms with Gasteiger partial charge in [0.25, 0.3) is 5.91 Å². The second kappa shape index (κ2) is 9.88. The standard InChI is InChI=1S/C25H27Cl2FN2O4S/c26-17-9-18(27)11-20(10-17)34-19-2-1-7-30(14-19)13-16-8-24(28)23(12-22(16)15-3-4-15)25(31)29-35(32,33)21-5-6-21/h8-12,15,19,21H,1-7,13-14H2,(H,29,31)/t19-/m1/s1. The number of carbonyl (C=O) groups excluding carboxylic acids is 1. The molecular formula is C25H27Cl2FN2O4S. The van der Waals surface area contributed by atoms with Crippen molar-refractivity contribution in [3.8, 4) is 5.75 Å². The number of carbonyl (C=O) groups is 1. The Kier molecular flexibility index (Phi) is 7.00. The average Bonchev–Trinajstić information content (AvgIpc) is 3.66. The third-order valence-corrected chi connectivity index (χ3v) is 8.94. The molecule has 188 valence electrons. The molecule has 0 unspecified atom stereocenters. The first-order valence-corrected chi connectivity index (χ1v) is 14.2. The number of halogens is 3. The van der Waals surface area contributed by atoms with Gasteiger partial charge in [0.1, 0.15) is 17.7 Å². The Bertz CT molecular complexity index is 1230. The van der Waals surface area contributed by atoms with E-state index in [1.165, 1.54) is 6.07 Å². The molecular weight excluding hydrogens is 514 g/mol. The molecule has 0 aromatic heterocycles. The van der Waals surface area contributed by atoms with Crippen LogP contribution in [0, 0.1) is 5.82 Å². The van der Waals surface area contributed by atoms with Gasteiger partial charge in [-0.15, -0.1) is 0 Å². The van der Waals surface area contributed by atoms with Crippen LogP contribution in [0.15, 0.2) is 30.3 Å². The number of ether oxygens (including phenoxy) is 1. The molecule has 0 spiro atoms. The first-order valence-electron chi connectivity index (χ1n) is 11.9. The van der Waals surface area contributed by atoms with Crippen LogP contribution >= 0.6 is 23.2 Å². The van der Waals surface area contributed by atoms with Crippen LogP contribution in [0.1, 0.15) is 65.9 Å². The molecule has 2 aromatic carbocycles. The molecule has 0 radical (unpaired) electrons. The van der Waals surface area contributed by atoms with Gasteiger partial charge in [-0.05, 0) is 92.4 Å². The second-order valence-corrected chi connectivity index (χ2v) is 12.5. The van der Waals surface area contributed by atoms with Gasteiger partial charge in [-0.25, -0.2) is 17.5 Å². The molecule has 10 heteroatoms. The summed E-state index contributed by atoms with van der Waals surface area (Å²) in [5.41, 5.74) is 1.54. The maximum Gasteiger partial charge on any atom is 0.267 e. The Morgan fingerprint density at radius 2 is 1.77 bits per heavy atom. The van der Waals surface area contributed by atoms with Gasteiger partial charge in [0.2, 0.25) is 10.0 Å². The fraction of sp³-hybridized carbons (Fsp3) is 0.480. The SMILES string of the molecule is O=C(NS(=O)(=O)C1CC1)c1cc(C2CC2)c(CN2CCC[C@@H](Oc3cc(Cl)cc(Cl)c3)C2)cc1F. The summed E-state index contributed by atoms with van der Waals surface area (Å²) in [5, 5.41) is 0.478. The molecule has 2 saturated carbocycles. The predicted octanol–water partition coefficient (Wildman–Crippen LogP) is 5.28. The predicted molar refractivity (Wildman–Crippen MR) is 133 cm³/mol. The topological polar surface area (TPSA) is 75.7 Å². The number of rotatable bonds is 8. The average molecular weight is 541 g/mol. The lowest BCUT2D eigenvalue weighted by molar-refractivity contribution is 0.0841. The molecule has 35 heavy (non-hydrogen) atoms. The largest absolute Gasteiger partial charge is 0.489 e. The van der Waals surface area contributed by atoms with E-state index in [9.17, 15) is 13.2 Å². The number of nitrogens with one attached hydrogen (secondary N) is 1. The van der Waals surface area contributed by atoms with E-state index in [1.54, 1.807) is 24.3 Å². The molecule has 1 amide bonds. The van der Waals surface area contributed by atoms with Crippen molar-refractivity contribution < 1.29 is 22.3 Å². The smallest absolute Gasteiger partial charge is 0.267 e. The Labute approximate surface area is 214 Å². The Balaban J connectivity index is 1.30. The minimum absolute atomic E-state index is 0.0508. The fourth-order valence-electron chi connectivity index (χ4n) is 4.65. The molecule has 6 nitrogen and oxygen atoms in total. The number of hydrogen-bond donors (Lipinski definition) is 1. The van der Waals surface area contributed by atoms with Gasteiger partial charge in [-0.1, -0.05) is 23.2 Å². The molecule has 5 rings (SSSR count). The quantitative estimate of drug-likeness (QED) is 0.493. The summed E-state index contributed by atoms with van der Waals surface area (Å²) in [6.45, 7) is 2.04. The van der Waals surface area contributed by atoms with Crippen LogP contribution in [0.4, 0.5) is 4.39 Å². The van der Waals surface area contributed by atoms with E-state index in [0.29, 0.717) is 41.7 Å². The van der Waals surface area contributed by atoms with Crippen molar-refractivity contribution >= 4 is 39.1 Å². The van der Waals surface area contributed by atoms with Gasteiger partial charge < -0.3 is 4.74 Å². The van der Waals surface area contributed by atoms with E-state index in [1.807, 2.05) is 4.72 Å². The van der Waals surface area contributed by atoms with E-state index in [0.717, 1.165) is 43.4 Å². The van der Waals surface area contributed by atoms with Crippen LogP contribution in [0.5, 0.6) is 5.75 Å². The zero-order valence-corrected chi connectivity index (χ0v) is 21.4. The van der Waals surface area contributed by atoms with E-state index >= 15 is 4.39 Å². The zero-order chi connectivity index (χ0) is 24.7. The summed E-state index contributed by atoms with van der Waals surface area (Å²) < 4.78 is 47.5. The molecule has 1 heterocycles. The minimum atomic E-state index is -3.74. The van der Waals surface area contributed by atoms with E-state index in [-0.39, 0.29) is 17.6 Å². The van der Waals surface area contributed by atoms with Crippen LogP contribution < -0.4 is 9.46 Å². The van der Waals surface area contributed by atoms with Gasteiger partial charge >= 0.3 is 0 Å². The van der Waals surface area contributed by atoms with Crippen molar-refractivity contribution in [2.45, 2.75) is 62.3 Å². The maximum absolute atomic E-state index is 15.0. The monoisotopic (exact) mass is 540 g/mol. The highest BCUT2D eigenvalue weighted by Gasteiger charge is 2.38. The van der Waals surface area contributed by atoms with Gasteiger partial charge in [0.15, 0.2) is 0 Å². The third kappa shape index (κ3) is 6.10. The first kappa shape index (κ1) is 24.8. The highest BCUT2D eigenvalue weighted by molar-refractivity contribution is 7.91. The van der Waals surface area contributed by atoms with Crippen molar-refractivity contribution in [1.82, 2.24) is 9.62 Å². The van der Waals surface area contributed by atoms with Gasteiger partial charge in [0, 0.05) is 23.1 Å². The highest BCUT2D eigenvalue weighted by atomic mass is 35.5. The van der Waals surface area contributed by atoms with E-state index in [4.69, 9.17) is 27.9 Å². The molecule has 1 atom stereocenters. The van der Waals surface area contributed by atoms with Crippen LogP contribution in [0.2, 0.25) is 10.0 Å².